The molecule has 0 bridgehead atoms. The van der Waals surface area contributed by atoms with E-state index in [4.69, 9.17) is 10.2 Å². The second-order valence-electron chi connectivity index (χ2n) is 5.38. The first-order valence-corrected chi connectivity index (χ1v) is 7.13. The van der Waals surface area contributed by atoms with Gasteiger partial charge in [0, 0.05) is 10.9 Å². The third kappa shape index (κ3) is 1.77. The number of nitrogens with two attached hydrogens (primary N) is 1. The van der Waals surface area contributed by atoms with Crippen molar-refractivity contribution < 1.29 is 9.21 Å². The molecule has 2 heterocycles. The van der Waals surface area contributed by atoms with Gasteiger partial charge in [-0.05, 0) is 31.7 Å². The number of nitrogen functional groups attached to an aromatic ring is 1. The number of aryl methyl sites for hydroxylation is 1. The monoisotopic (exact) mass is 281 g/mol. The van der Waals surface area contributed by atoms with Crippen molar-refractivity contribution in [2.45, 2.75) is 25.7 Å². The summed E-state index contributed by atoms with van der Waals surface area (Å²) in [5, 5.41) is 5.20. The van der Waals surface area contributed by atoms with Gasteiger partial charge in [-0.2, -0.15) is 9.78 Å². The van der Waals surface area contributed by atoms with Crippen LogP contribution < -0.4 is 5.73 Å². The Bertz CT molecular complexity index is 844. The maximum absolute atomic E-state index is 12.7. The summed E-state index contributed by atoms with van der Waals surface area (Å²) in [4.78, 5) is 12.7. The van der Waals surface area contributed by atoms with Gasteiger partial charge < -0.3 is 10.2 Å². The van der Waals surface area contributed by atoms with E-state index in [0.29, 0.717) is 17.0 Å². The molecule has 3 aromatic rings. The Kier molecular flexibility index (Phi) is 2.60. The molecule has 0 unspecified atom stereocenters. The van der Waals surface area contributed by atoms with Gasteiger partial charge in [-0.15, -0.1) is 0 Å². The van der Waals surface area contributed by atoms with E-state index in [2.05, 4.69) is 5.10 Å². The number of nitrogens with zero attached hydrogens (tertiary/aromatic N) is 2. The SMILES string of the molecule is Nc1c2c(nn1C(=O)c1coc3ccccc13)CCCC2. The van der Waals surface area contributed by atoms with Crippen molar-refractivity contribution in [3.63, 3.8) is 0 Å². The van der Waals surface area contributed by atoms with Crippen LogP contribution in [0.25, 0.3) is 11.0 Å². The maximum Gasteiger partial charge on any atom is 0.283 e. The van der Waals surface area contributed by atoms with Crippen LogP contribution in [0, 0.1) is 0 Å². The highest BCUT2D eigenvalue weighted by Gasteiger charge is 2.24. The summed E-state index contributed by atoms with van der Waals surface area (Å²) in [6, 6.07) is 7.46. The van der Waals surface area contributed by atoms with Crippen molar-refractivity contribution in [3.05, 3.63) is 47.3 Å². The summed E-state index contributed by atoms with van der Waals surface area (Å²) in [5.41, 5.74) is 9.30. The van der Waals surface area contributed by atoms with Crippen LogP contribution in [0.1, 0.15) is 34.5 Å². The van der Waals surface area contributed by atoms with Crippen molar-refractivity contribution in [1.29, 1.82) is 0 Å². The fraction of sp³-hybridized carbons (Fsp3) is 0.250. The van der Waals surface area contributed by atoms with Gasteiger partial charge in [0.05, 0.1) is 11.3 Å². The molecule has 4 rings (SSSR count). The quantitative estimate of drug-likeness (QED) is 0.744. The fourth-order valence-electron chi connectivity index (χ4n) is 2.99. The Labute approximate surface area is 121 Å². The number of rotatable bonds is 1. The third-order valence-corrected chi connectivity index (χ3v) is 4.10. The van der Waals surface area contributed by atoms with Crippen molar-refractivity contribution >= 4 is 22.7 Å². The van der Waals surface area contributed by atoms with Gasteiger partial charge in [-0.1, -0.05) is 18.2 Å². The minimum absolute atomic E-state index is 0.230. The van der Waals surface area contributed by atoms with Gasteiger partial charge in [0.15, 0.2) is 0 Å². The van der Waals surface area contributed by atoms with Crippen LogP contribution >= 0.6 is 0 Å². The highest BCUT2D eigenvalue weighted by molar-refractivity contribution is 6.07. The second-order valence-corrected chi connectivity index (χ2v) is 5.38. The van der Waals surface area contributed by atoms with Crippen LogP contribution in [0.2, 0.25) is 0 Å². The van der Waals surface area contributed by atoms with E-state index >= 15 is 0 Å². The lowest BCUT2D eigenvalue weighted by Gasteiger charge is -2.08. The smallest absolute Gasteiger partial charge is 0.283 e. The lowest BCUT2D eigenvalue weighted by molar-refractivity contribution is 0.0948. The Balaban J connectivity index is 1.83. The number of carbonyl (C=O) groups excluding carboxylic acids is 1. The van der Waals surface area contributed by atoms with Gasteiger partial charge in [-0.3, -0.25) is 4.79 Å². The molecule has 1 aliphatic rings. The van der Waals surface area contributed by atoms with Gasteiger partial charge >= 0.3 is 0 Å². The molecule has 0 saturated heterocycles. The fourth-order valence-corrected chi connectivity index (χ4v) is 2.99. The van der Waals surface area contributed by atoms with Crippen LogP contribution in [0.5, 0.6) is 0 Å². The standard InChI is InChI=1S/C16H15N3O2/c17-15-11-6-1-3-7-13(11)18-19(15)16(20)12-9-21-14-8-4-2-5-10(12)14/h2,4-5,8-9H,1,3,6-7,17H2. The highest BCUT2D eigenvalue weighted by atomic mass is 16.3. The Morgan fingerprint density at radius 1 is 1.24 bits per heavy atom. The number of hydrogen-bond donors (Lipinski definition) is 1. The number of fused-ring (bicyclic) bond motifs is 2. The van der Waals surface area contributed by atoms with Gasteiger partial charge in [0.1, 0.15) is 17.7 Å². The number of hydrogen-bond acceptors (Lipinski definition) is 4. The molecule has 0 atom stereocenters. The summed E-state index contributed by atoms with van der Waals surface area (Å²) in [5.74, 6) is 0.242. The van der Waals surface area contributed by atoms with Gasteiger partial charge in [-0.25, -0.2) is 0 Å². The van der Waals surface area contributed by atoms with Crippen LogP contribution in [0.4, 0.5) is 5.82 Å². The zero-order chi connectivity index (χ0) is 14.4. The lowest BCUT2D eigenvalue weighted by atomic mass is 9.98. The predicted octanol–water partition coefficient (Wildman–Crippen LogP) is 2.78. The minimum atomic E-state index is -0.230. The van der Waals surface area contributed by atoms with Crippen molar-refractivity contribution in [2.75, 3.05) is 5.73 Å². The Hall–Kier alpha value is -2.56. The van der Waals surface area contributed by atoms with E-state index < -0.39 is 0 Å². The minimum Gasteiger partial charge on any atom is -0.463 e. The molecule has 0 spiro atoms. The molecule has 106 valence electrons. The van der Waals surface area contributed by atoms with Crippen molar-refractivity contribution in [1.82, 2.24) is 9.78 Å². The molecule has 0 saturated carbocycles. The highest BCUT2D eigenvalue weighted by Crippen LogP contribution is 2.28. The van der Waals surface area contributed by atoms with Gasteiger partial charge in [0.25, 0.3) is 5.91 Å². The van der Waals surface area contributed by atoms with E-state index in [-0.39, 0.29) is 5.91 Å². The van der Waals surface area contributed by atoms with E-state index in [0.717, 1.165) is 42.3 Å². The number of aromatic nitrogens is 2. The number of anilines is 1. The lowest BCUT2D eigenvalue weighted by Crippen LogP contribution is -2.16. The molecular formula is C16H15N3O2. The van der Waals surface area contributed by atoms with Gasteiger partial charge in [0.2, 0.25) is 0 Å². The van der Waals surface area contributed by atoms with E-state index in [9.17, 15) is 4.79 Å². The molecule has 2 N–H and O–H groups in total. The van der Waals surface area contributed by atoms with Crippen molar-refractivity contribution in [3.8, 4) is 0 Å². The molecular weight excluding hydrogens is 266 g/mol. The number of benzene rings is 1. The second kappa shape index (κ2) is 4.48. The van der Waals surface area contributed by atoms with Crippen LogP contribution in [-0.2, 0) is 12.8 Å². The first-order chi connectivity index (χ1) is 10.3. The molecule has 2 aromatic heterocycles. The predicted molar refractivity (Wildman–Crippen MR) is 79.2 cm³/mol. The average Bonchev–Trinajstić information content (AvgIpc) is 3.09. The topological polar surface area (TPSA) is 74.0 Å². The van der Waals surface area contributed by atoms with E-state index in [1.807, 2.05) is 24.3 Å². The largest absolute Gasteiger partial charge is 0.463 e. The molecule has 0 radical (unpaired) electrons. The first kappa shape index (κ1) is 12.2. The zero-order valence-electron chi connectivity index (χ0n) is 11.5. The summed E-state index contributed by atoms with van der Waals surface area (Å²) in [7, 11) is 0. The van der Waals surface area contributed by atoms with Crippen molar-refractivity contribution in [2.24, 2.45) is 0 Å². The molecule has 5 nitrogen and oxygen atoms in total. The number of para-hydroxylation sites is 1. The summed E-state index contributed by atoms with van der Waals surface area (Å²) >= 11 is 0. The molecule has 0 amide bonds. The number of carbonyl (C=O) groups is 1. The molecule has 21 heavy (non-hydrogen) atoms. The normalized spacial score (nSPS) is 14.3. The van der Waals surface area contributed by atoms with Crippen LogP contribution in [0.15, 0.2) is 34.9 Å². The molecule has 1 aromatic carbocycles. The zero-order valence-corrected chi connectivity index (χ0v) is 11.5. The molecule has 1 aliphatic carbocycles. The molecule has 5 heteroatoms. The van der Waals surface area contributed by atoms with Crippen LogP contribution in [0.3, 0.4) is 0 Å². The summed E-state index contributed by atoms with van der Waals surface area (Å²) in [6.45, 7) is 0. The van der Waals surface area contributed by atoms with E-state index in [1.54, 1.807) is 0 Å². The molecule has 0 fully saturated rings. The first-order valence-electron chi connectivity index (χ1n) is 7.13. The third-order valence-electron chi connectivity index (χ3n) is 4.10. The van der Waals surface area contributed by atoms with Crippen LogP contribution in [-0.4, -0.2) is 15.7 Å². The maximum atomic E-state index is 12.7. The van der Waals surface area contributed by atoms with E-state index in [1.165, 1.54) is 10.9 Å². The Morgan fingerprint density at radius 2 is 2.05 bits per heavy atom. The summed E-state index contributed by atoms with van der Waals surface area (Å²) < 4.78 is 6.76. The summed E-state index contributed by atoms with van der Waals surface area (Å²) in [6.07, 6.45) is 5.48. The Morgan fingerprint density at radius 3 is 2.90 bits per heavy atom. The average molecular weight is 281 g/mol. The molecule has 0 aliphatic heterocycles. The number of furan rings is 1.